The van der Waals surface area contributed by atoms with E-state index in [1.165, 1.54) is 12.8 Å². The second kappa shape index (κ2) is 5.58. The molecule has 3 nitrogen and oxygen atoms in total. The van der Waals surface area contributed by atoms with Gasteiger partial charge in [-0.05, 0) is 46.3 Å². The Hall–Kier alpha value is -0.120. The first-order chi connectivity index (χ1) is 6.25. The molecule has 1 fully saturated rings. The summed E-state index contributed by atoms with van der Waals surface area (Å²) in [6, 6.07) is 0.623. The molecule has 0 amide bonds. The number of hydrogen-bond donors (Lipinski definition) is 1. The van der Waals surface area contributed by atoms with Gasteiger partial charge in [0.05, 0.1) is 6.10 Å². The second-order valence-corrected chi connectivity index (χ2v) is 3.91. The molecule has 0 radical (unpaired) electrons. The number of nitrogens with two attached hydrogens (primary N) is 1. The van der Waals surface area contributed by atoms with Crippen LogP contribution in [0.5, 0.6) is 0 Å². The quantitative estimate of drug-likeness (QED) is 0.646. The van der Waals surface area contributed by atoms with E-state index in [1.54, 1.807) is 0 Å². The average molecular weight is 186 g/mol. The fraction of sp³-hybridized carbons (Fsp3) is 1.00. The second-order valence-electron chi connectivity index (χ2n) is 3.91. The number of nitrogens with zero attached hydrogens (tertiary/aromatic N) is 1. The Balaban J connectivity index is 2.18. The van der Waals surface area contributed by atoms with Crippen LogP contribution in [0.25, 0.3) is 0 Å². The smallest absolute Gasteiger partial charge is 0.0702 e. The monoisotopic (exact) mass is 186 g/mol. The van der Waals surface area contributed by atoms with Gasteiger partial charge in [-0.3, -0.25) is 0 Å². The van der Waals surface area contributed by atoms with E-state index < -0.39 is 0 Å². The number of rotatable bonds is 5. The van der Waals surface area contributed by atoms with Crippen LogP contribution < -0.4 is 5.73 Å². The van der Waals surface area contributed by atoms with Crippen LogP contribution in [-0.4, -0.2) is 43.8 Å². The van der Waals surface area contributed by atoms with Crippen molar-refractivity contribution in [1.29, 1.82) is 0 Å². The number of hydrogen-bond acceptors (Lipinski definition) is 3. The van der Waals surface area contributed by atoms with Crippen molar-refractivity contribution >= 4 is 0 Å². The minimum atomic E-state index is 0.405. The van der Waals surface area contributed by atoms with Crippen molar-refractivity contribution in [2.45, 2.75) is 38.3 Å². The number of unbranched alkanes of at least 4 members (excludes halogenated alkanes) is 1. The van der Waals surface area contributed by atoms with E-state index >= 15 is 0 Å². The molecule has 1 heterocycles. The molecule has 13 heavy (non-hydrogen) atoms. The van der Waals surface area contributed by atoms with Gasteiger partial charge in [-0.15, -0.1) is 0 Å². The summed E-state index contributed by atoms with van der Waals surface area (Å²) in [5.41, 5.74) is 5.45. The first-order valence-electron chi connectivity index (χ1n) is 5.27. The van der Waals surface area contributed by atoms with Crippen LogP contribution in [0.2, 0.25) is 0 Å². The fourth-order valence-electron chi connectivity index (χ4n) is 1.97. The van der Waals surface area contributed by atoms with Crippen LogP contribution in [-0.2, 0) is 4.74 Å². The van der Waals surface area contributed by atoms with E-state index in [0.717, 1.165) is 26.1 Å². The van der Waals surface area contributed by atoms with Gasteiger partial charge in [-0.2, -0.15) is 0 Å². The third kappa shape index (κ3) is 3.25. The van der Waals surface area contributed by atoms with Crippen molar-refractivity contribution in [3.05, 3.63) is 0 Å². The lowest BCUT2D eigenvalue weighted by molar-refractivity contribution is 0.0832. The lowest BCUT2D eigenvalue weighted by atomic mass is 10.1. The summed E-state index contributed by atoms with van der Waals surface area (Å²) < 4.78 is 5.53. The molecule has 2 N–H and O–H groups in total. The molecule has 1 aliphatic rings. The maximum Gasteiger partial charge on any atom is 0.0702 e. The molecular weight excluding hydrogens is 164 g/mol. The van der Waals surface area contributed by atoms with Crippen LogP contribution in [0.3, 0.4) is 0 Å². The minimum absolute atomic E-state index is 0.405. The average Bonchev–Trinajstić information content (AvgIpc) is 2.52. The highest BCUT2D eigenvalue weighted by molar-refractivity contribution is 4.80. The van der Waals surface area contributed by atoms with Crippen molar-refractivity contribution in [1.82, 2.24) is 4.90 Å². The van der Waals surface area contributed by atoms with Gasteiger partial charge in [0.25, 0.3) is 0 Å². The summed E-state index contributed by atoms with van der Waals surface area (Å²) in [6.45, 7) is 5.05. The molecule has 0 aromatic heterocycles. The molecule has 78 valence electrons. The van der Waals surface area contributed by atoms with Gasteiger partial charge in [0.1, 0.15) is 0 Å². The molecule has 1 saturated heterocycles. The van der Waals surface area contributed by atoms with Crippen LogP contribution in [0.15, 0.2) is 0 Å². The zero-order valence-electron chi connectivity index (χ0n) is 8.83. The lowest BCUT2D eigenvalue weighted by Gasteiger charge is -2.26. The summed E-state index contributed by atoms with van der Waals surface area (Å²) >= 11 is 0. The van der Waals surface area contributed by atoms with Crippen molar-refractivity contribution in [2.24, 2.45) is 5.73 Å². The summed E-state index contributed by atoms with van der Waals surface area (Å²) in [5, 5.41) is 0. The normalized spacial score (nSPS) is 28.6. The van der Waals surface area contributed by atoms with E-state index in [9.17, 15) is 0 Å². The highest BCUT2D eigenvalue weighted by Gasteiger charge is 2.27. The molecular formula is C10H22N2O. The fourth-order valence-corrected chi connectivity index (χ4v) is 1.97. The standard InChI is InChI=1S/C10H22N2O/c1-9-10(5-8-13-9)12(2)7-4-3-6-11/h9-10H,3-8,11H2,1-2H3. The van der Waals surface area contributed by atoms with E-state index in [4.69, 9.17) is 10.5 Å². The molecule has 1 aliphatic heterocycles. The Labute approximate surface area is 81.2 Å². The molecule has 0 aliphatic carbocycles. The van der Waals surface area contributed by atoms with Crippen molar-refractivity contribution in [2.75, 3.05) is 26.7 Å². The zero-order valence-corrected chi connectivity index (χ0v) is 8.83. The number of likely N-dealkylation sites (N-methyl/N-ethyl adjacent to an activating group) is 1. The Kier molecular flexibility index (Phi) is 4.70. The van der Waals surface area contributed by atoms with Gasteiger partial charge in [-0.25, -0.2) is 0 Å². The molecule has 2 unspecified atom stereocenters. The summed E-state index contributed by atoms with van der Waals surface area (Å²) in [7, 11) is 2.19. The summed E-state index contributed by atoms with van der Waals surface area (Å²) in [4.78, 5) is 2.41. The first-order valence-corrected chi connectivity index (χ1v) is 5.27. The minimum Gasteiger partial charge on any atom is -0.377 e. The summed E-state index contributed by atoms with van der Waals surface area (Å²) in [6.07, 6.45) is 3.92. The third-order valence-electron chi connectivity index (χ3n) is 2.87. The molecule has 0 saturated carbocycles. The molecule has 0 aromatic rings. The van der Waals surface area contributed by atoms with E-state index in [1.807, 2.05) is 0 Å². The van der Waals surface area contributed by atoms with Gasteiger partial charge >= 0.3 is 0 Å². The molecule has 0 bridgehead atoms. The maximum atomic E-state index is 5.53. The SMILES string of the molecule is CC1OCCC1N(C)CCCCN. The van der Waals surface area contributed by atoms with Crippen molar-refractivity contribution in [3.8, 4) is 0 Å². The lowest BCUT2D eigenvalue weighted by Crippen LogP contribution is -2.37. The number of ether oxygens (including phenoxy) is 1. The first kappa shape index (κ1) is 11.0. The van der Waals surface area contributed by atoms with E-state index in [2.05, 4.69) is 18.9 Å². The Bertz CT molecular complexity index is 141. The van der Waals surface area contributed by atoms with Crippen LogP contribution in [0.4, 0.5) is 0 Å². The zero-order chi connectivity index (χ0) is 9.68. The maximum absolute atomic E-state index is 5.53. The Morgan fingerprint density at radius 3 is 2.77 bits per heavy atom. The van der Waals surface area contributed by atoms with Crippen LogP contribution in [0.1, 0.15) is 26.2 Å². The molecule has 0 aromatic carbocycles. The molecule has 3 heteroatoms. The van der Waals surface area contributed by atoms with Crippen molar-refractivity contribution < 1.29 is 4.74 Å². The predicted octanol–water partition coefficient (Wildman–Crippen LogP) is 0.835. The van der Waals surface area contributed by atoms with Crippen LogP contribution in [0, 0.1) is 0 Å². The van der Waals surface area contributed by atoms with Crippen molar-refractivity contribution in [3.63, 3.8) is 0 Å². The topological polar surface area (TPSA) is 38.5 Å². The largest absolute Gasteiger partial charge is 0.377 e. The molecule has 1 rings (SSSR count). The third-order valence-corrected chi connectivity index (χ3v) is 2.87. The van der Waals surface area contributed by atoms with Gasteiger partial charge < -0.3 is 15.4 Å². The summed E-state index contributed by atoms with van der Waals surface area (Å²) in [5.74, 6) is 0. The van der Waals surface area contributed by atoms with E-state index in [0.29, 0.717) is 12.1 Å². The predicted molar refractivity (Wildman–Crippen MR) is 54.7 cm³/mol. The Morgan fingerprint density at radius 1 is 1.46 bits per heavy atom. The van der Waals surface area contributed by atoms with E-state index in [-0.39, 0.29) is 0 Å². The van der Waals surface area contributed by atoms with Gasteiger partial charge in [-0.1, -0.05) is 0 Å². The Morgan fingerprint density at radius 2 is 2.23 bits per heavy atom. The van der Waals surface area contributed by atoms with Gasteiger partial charge in [0.15, 0.2) is 0 Å². The highest BCUT2D eigenvalue weighted by Crippen LogP contribution is 2.18. The highest BCUT2D eigenvalue weighted by atomic mass is 16.5. The van der Waals surface area contributed by atoms with Crippen LogP contribution >= 0.6 is 0 Å². The molecule has 0 spiro atoms. The van der Waals surface area contributed by atoms with Gasteiger partial charge in [0, 0.05) is 12.6 Å². The molecule has 2 atom stereocenters. The van der Waals surface area contributed by atoms with Gasteiger partial charge in [0.2, 0.25) is 0 Å².